The molecule has 0 amide bonds. The molecule has 2 nitrogen and oxygen atoms in total. The van der Waals surface area contributed by atoms with Crippen molar-refractivity contribution in [2.75, 3.05) is 13.1 Å². The molecule has 0 aliphatic carbocycles. The van der Waals surface area contributed by atoms with E-state index in [2.05, 4.69) is 24.1 Å². The maximum Gasteiger partial charge on any atom is 0.0242 e. The third kappa shape index (κ3) is 2.60. The first-order valence-corrected chi connectivity index (χ1v) is 7.35. The fraction of sp³-hybridized carbons (Fsp3) is 1.00. The van der Waals surface area contributed by atoms with Crippen LogP contribution in [0.5, 0.6) is 0 Å². The zero-order chi connectivity index (χ0) is 11.4. The molecule has 0 aromatic heterocycles. The van der Waals surface area contributed by atoms with Gasteiger partial charge in [-0.05, 0) is 19.3 Å². The minimum Gasteiger partial charge on any atom is -0.314 e. The number of piperazine rings is 1. The van der Waals surface area contributed by atoms with E-state index >= 15 is 0 Å². The Morgan fingerprint density at radius 1 is 1.06 bits per heavy atom. The highest BCUT2D eigenvalue weighted by molar-refractivity contribution is 5.02. The van der Waals surface area contributed by atoms with E-state index in [9.17, 15) is 0 Å². The Morgan fingerprint density at radius 2 is 1.81 bits per heavy atom. The van der Waals surface area contributed by atoms with Gasteiger partial charge >= 0.3 is 0 Å². The van der Waals surface area contributed by atoms with Crippen LogP contribution in [0.15, 0.2) is 0 Å². The summed E-state index contributed by atoms with van der Waals surface area (Å²) in [5, 5.41) is 3.54. The van der Waals surface area contributed by atoms with Gasteiger partial charge in [0.05, 0.1) is 0 Å². The van der Waals surface area contributed by atoms with Crippen LogP contribution in [0.2, 0.25) is 0 Å². The number of hydrogen-bond donors (Lipinski definition) is 1. The SMILES string of the molecule is CCCCCC(CCC)N1C2CNCC1C2. The smallest absolute Gasteiger partial charge is 0.0242 e. The molecule has 3 aliphatic heterocycles. The molecular weight excluding hydrogens is 196 g/mol. The molecule has 2 bridgehead atoms. The topological polar surface area (TPSA) is 15.3 Å². The van der Waals surface area contributed by atoms with Gasteiger partial charge in [-0.15, -0.1) is 0 Å². The van der Waals surface area contributed by atoms with Gasteiger partial charge in [-0.1, -0.05) is 39.5 Å². The second-order valence-corrected chi connectivity index (χ2v) is 5.59. The Kier molecular flexibility index (Phi) is 4.66. The monoisotopic (exact) mass is 224 g/mol. The van der Waals surface area contributed by atoms with Crippen LogP contribution in [0.4, 0.5) is 0 Å². The highest BCUT2D eigenvalue weighted by atomic mass is 15.3. The Labute approximate surface area is 101 Å². The molecule has 3 heterocycles. The Hall–Kier alpha value is -0.0800. The summed E-state index contributed by atoms with van der Waals surface area (Å²) < 4.78 is 0. The van der Waals surface area contributed by atoms with Crippen molar-refractivity contribution in [3.8, 4) is 0 Å². The Bertz CT molecular complexity index is 191. The van der Waals surface area contributed by atoms with E-state index in [0.717, 1.165) is 18.1 Å². The fourth-order valence-electron chi connectivity index (χ4n) is 3.51. The number of piperidine rings is 1. The lowest BCUT2D eigenvalue weighted by Crippen LogP contribution is -2.70. The molecule has 0 radical (unpaired) electrons. The number of nitrogens with one attached hydrogen (secondary N) is 1. The lowest BCUT2D eigenvalue weighted by Gasteiger charge is -2.56. The average Bonchev–Trinajstić information content (AvgIpc) is 2.30. The van der Waals surface area contributed by atoms with Gasteiger partial charge in [-0.3, -0.25) is 4.90 Å². The van der Waals surface area contributed by atoms with Gasteiger partial charge in [-0.2, -0.15) is 0 Å². The lowest BCUT2D eigenvalue weighted by atomic mass is 9.84. The zero-order valence-corrected chi connectivity index (χ0v) is 11.0. The van der Waals surface area contributed by atoms with Gasteiger partial charge in [0, 0.05) is 31.2 Å². The number of unbranched alkanes of at least 4 members (excludes halogenated alkanes) is 2. The lowest BCUT2D eigenvalue weighted by molar-refractivity contribution is -0.0548. The number of nitrogens with zero attached hydrogens (tertiary/aromatic N) is 1. The van der Waals surface area contributed by atoms with E-state index in [0.29, 0.717) is 0 Å². The van der Waals surface area contributed by atoms with Gasteiger partial charge in [0.25, 0.3) is 0 Å². The summed E-state index contributed by atoms with van der Waals surface area (Å²) in [7, 11) is 0. The van der Waals surface area contributed by atoms with Crippen molar-refractivity contribution in [3.63, 3.8) is 0 Å². The quantitative estimate of drug-likeness (QED) is 0.669. The summed E-state index contributed by atoms with van der Waals surface area (Å²) in [4.78, 5) is 2.84. The summed E-state index contributed by atoms with van der Waals surface area (Å²) in [6.07, 6.45) is 9.87. The summed E-state index contributed by atoms with van der Waals surface area (Å²) >= 11 is 0. The molecular formula is C14H28N2. The molecule has 0 saturated carbocycles. The maximum absolute atomic E-state index is 3.54. The first-order chi connectivity index (χ1) is 7.86. The van der Waals surface area contributed by atoms with Gasteiger partial charge in [0.1, 0.15) is 0 Å². The molecule has 0 spiro atoms. The van der Waals surface area contributed by atoms with E-state index < -0.39 is 0 Å². The summed E-state index contributed by atoms with van der Waals surface area (Å²) in [5.74, 6) is 0. The maximum atomic E-state index is 3.54. The van der Waals surface area contributed by atoms with Crippen molar-refractivity contribution in [3.05, 3.63) is 0 Å². The second-order valence-electron chi connectivity index (χ2n) is 5.59. The summed E-state index contributed by atoms with van der Waals surface area (Å²) in [5.41, 5.74) is 0. The normalized spacial score (nSPS) is 31.1. The Morgan fingerprint density at radius 3 is 2.38 bits per heavy atom. The van der Waals surface area contributed by atoms with Crippen LogP contribution in [0.25, 0.3) is 0 Å². The van der Waals surface area contributed by atoms with Gasteiger partial charge in [0.2, 0.25) is 0 Å². The molecule has 3 fully saturated rings. The predicted molar refractivity (Wildman–Crippen MR) is 69.7 cm³/mol. The number of hydrogen-bond acceptors (Lipinski definition) is 2. The second kappa shape index (κ2) is 6.02. The highest BCUT2D eigenvalue weighted by Crippen LogP contribution is 2.33. The van der Waals surface area contributed by atoms with Crippen LogP contribution in [0.3, 0.4) is 0 Å². The molecule has 1 N–H and O–H groups in total. The molecule has 2 heteroatoms. The van der Waals surface area contributed by atoms with Gasteiger partial charge < -0.3 is 5.32 Å². The fourth-order valence-corrected chi connectivity index (χ4v) is 3.51. The summed E-state index contributed by atoms with van der Waals surface area (Å²) in [6, 6.07) is 2.64. The molecule has 3 unspecified atom stereocenters. The third-order valence-electron chi connectivity index (χ3n) is 4.33. The van der Waals surface area contributed by atoms with Crippen LogP contribution >= 0.6 is 0 Å². The van der Waals surface area contributed by atoms with Crippen molar-refractivity contribution in [1.29, 1.82) is 0 Å². The number of rotatable bonds is 7. The summed E-state index contributed by atoms with van der Waals surface area (Å²) in [6.45, 7) is 7.12. The van der Waals surface area contributed by atoms with E-state index in [1.165, 1.54) is 58.0 Å². The molecule has 3 aliphatic rings. The molecule has 0 aromatic carbocycles. The van der Waals surface area contributed by atoms with E-state index in [4.69, 9.17) is 0 Å². The van der Waals surface area contributed by atoms with Crippen LogP contribution in [-0.4, -0.2) is 36.1 Å². The molecule has 3 rings (SSSR count). The van der Waals surface area contributed by atoms with E-state index in [1.54, 1.807) is 0 Å². The molecule has 3 atom stereocenters. The van der Waals surface area contributed by atoms with Crippen LogP contribution < -0.4 is 5.32 Å². The number of fused-ring (bicyclic) bond motifs is 2. The minimum absolute atomic E-state index is 0.872. The van der Waals surface area contributed by atoms with E-state index in [-0.39, 0.29) is 0 Å². The van der Waals surface area contributed by atoms with Crippen molar-refractivity contribution in [2.45, 2.75) is 76.9 Å². The molecule has 3 saturated heterocycles. The van der Waals surface area contributed by atoms with Crippen LogP contribution in [0.1, 0.15) is 58.8 Å². The molecule has 0 aromatic rings. The van der Waals surface area contributed by atoms with Crippen LogP contribution in [-0.2, 0) is 0 Å². The van der Waals surface area contributed by atoms with Gasteiger partial charge in [-0.25, -0.2) is 0 Å². The molecule has 94 valence electrons. The predicted octanol–water partition coefficient (Wildman–Crippen LogP) is 2.78. The molecule has 16 heavy (non-hydrogen) atoms. The van der Waals surface area contributed by atoms with Crippen LogP contribution in [0, 0.1) is 0 Å². The van der Waals surface area contributed by atoms with Gasteiger partial charge in [0.15, 0.2) is 0 Å². The highest BCUT2D eigenvalue weighted by Gasteiger charge is 2.44. The third-order valence-corrected chi connectivity index (χ3v) is 4.33. The van der Waals surface area contributed by atoms with Crippen molar-refractivity contribution in [1.82, 2.24) is 10.2 Å². The van der Waals surface area contributed by atoms with Crippen molar-refractivity contribution >= 4 is 0 Å². The van der Waals surface area contributed by atoms with Crippen molar-refractivity contribution < 1.29 is 0 Å². The van der Waals surface area contributed by atoms with Crippen molar-refractivity contribution in [2.24, 2.45) is 0 Å². The first kappa shape index (κ1) is 12.4. The average molecular weight is 224 g/mol. The largest absolute Gasteiger partial charge is 0.314 e. The minimum atomic E-state index is 0.872. The first-order valence-electron chi connectivity index (χ1n) is 7.35. The standard InChI is InChI=1S/C14H28N2/c1-3-5-6-8-12(7-4-2)16-13-9-14(16)11-15-10-13/h12-15H,3-11H2,1-2H3. The Balaban J connectivity index is 1.81. The van der Waals surface area contributed by atoms with E-state index in [1.807, 2.05) is 0 Å². The zero-order valence-electron chi connectivity index (χ0n) is 11.0.